The molecule has 9 heteroatoms. The summed E-state index contributed by atoms with van der Waals surface area (Å²) in [6.07, 6.45) is 4.23. The quantitative estimate of drug-likeness (QED) is 0.791. The van der Waals surface area contributed by atoms with Gasteiger partial charge >= 0.3 is 0 Å². The third kappa shape index (κ3) is 3.65. The average molecular weight is 366 g/mol. The van der Waals surface area contributed by atoms with Gasteiger partial charge < -0.3 is 10.6 Å². The standard InChI is InChI=1S/C14H15N5OS3/c1-16-13-18-19-14(23-13)21-7-11(20)17-12-9(6-15)8-4-2-3-5-10(8)22-12/h2-5,7H2,1H3,(H,16,18)(H,17,20). The predicted molar refractivity (Wildman–Crippen MR) is 94.5 cm³/mol. The van der Waals surface area contributed by atoms with Gasteiger partial charge in [-0.15, -0.1) is 21.5 Å². The summed E-state index contributed by atoms with van der Waals surface area (Å²) in [7, 11) is 1.78. The minimum atomic E-state index is -0.119. The number of hydrogen-bond acceptors (Lipinski definition) is 8. The van der Waals surface area contributed by atoms with Gasteiger partial charge in [-0.2, -0.15) is 5.26 Å². The second kappa shape index (κ2) is 7.29. The molecule has 6 nitrogen and oxygen atoms in total. The number of aryl methyl sites for hydroxylation is 1. The smallest absolute Gasteiger partial charge is 0.235 e. The normalized spacial score (nSPS) is 13.2. The lowest BCUT2D eigenvalue weighted by atomic mass is 9.96. The highest BCUT2D eigenvalue weighted by Gasteiger charge is 2.21. The first kappa shape index (κ1) is 16.2. The van der Waals surface area contributed by atoms with Crippen molar-refractivity contribution in [3.05, 3.63) is 16.0 Å². The number of nitrogens with one attached hydrogen (secondary N) is 2. The summed E-state index contributed by atoms with van der Waals surface area (Å²) in [5.41, 5.74) is 1.78. The maximum atomic E-state index is 12.1. The Labute approximate surface area is 146 Å². The summed E-state index contributed by atoms with van der Waals surface area (Å²) in [6.45, 7) is 0. The Morgan fingerprint density at radius 1 is 1.35 bits per heavy atom. The van der Waals surface area contributed by atoms with E-state index in [1.807, 2.05) is 0 Å². The second-order valence-electron chi connectivity index (χ2n) is 4.99. The van der Waals surface area contributed by atoms with Gasteiger partial charge in [0.1, 0.15) is 11.1 Å². The Morgan fingerprint density at radius 2 is 2.17 bits per heavy atom. The van der Waals surface area contributed by atoms with E-state index in [9.17, 15) is 10.1 Å². The zero-order valence-electron chi connectivity index (χ0n) is 12.5. The first-order valence-electron chi connectivity index (χ1n) is 7.19. The van der Waals surface area contributed by atoms with E-state index in [1.54, 1.807) is 18.4 Å². The zero-order chi connectivity index (χ0) is 16.2. The minimum Gasteiger partial charge on any atom is -0.363 e. The van der Waals surface area contributed by atoms with Gasteiger partial charge in [0, 0.05) is 11.9 Å². The molecule has 120 valence electrons. The molecule has 2 aromatic heterocycles. The topological polar surface area (TPSA) is 90.7 Å². The first-order valence-corrected chi connectivity index (χ1v) is 9.81. The number of thioether (sulfide) groups is 1. The van der Waals surface area contributed by atoms with E-state index in [0.29, 0.717) is 10.6 Å². The summed E-state index contributed by atoms with van der Waals surface area (Å²) >= 11 is 4.30. The third-order valence-electron chi connectivity index (χ3n) is 3.48. The molecule has 2 heterocycles. The average Bonchev–Trinajstić information content (AvgIpc) is 3.16. The lowest BCUT2D eigenvalue weighted by Crippen LogP contribution is -2.13. The zero-order valence-corrected chi connectivity index (χ0v) is 15.0. The van der Waals surface area contributed by atoms with Crippen LogP contribution < -0.4 is 10.6 Å². The van der Waals surface area contributed by atoms with Gasteiger partial charge in [0.2, 0.25) is 11.0 Å². The number of carbonyl (C=O) groups is 1. The molecule has 0 unspecified atom stereocenters. The van der Waals surface area contributed by atoms with Crippen molar-refractivity contribution in [2.75, 3.05) is 23.4 Å². The van der Waals surface area contributed by atoms with Gasteiger partial charge in [-0.1, -0.05) is 23.1 Å². The monoisotopic (exact) mass is 365 g/mol. The summed E-state index contributed by atoms with van der Waals surface area (Å²) in [5, 5.41) is 24.5. The number of rotatable bonds is 5. The fourth-order valence-corrected chi connectivity index (χ4v) is 5.19. The van der Waals surface area contributed by atoms with Crippen LogP contribution >= 0.6 is 34.4 Å². The van der Waals surface area contributed by atoms with E-state index in [0.717, 1.165) is 40.7 Å². The lowest BCUT2D eigenvalue weighted by molar-refractivity contribution is -0.113. The number of nitrogens with zero attached hydrogens (tertiary/aromatic N) is 3. The molecule has 0 saturated heterocycles. The maximum Gasteiger partial charge on any atom is 0.235 e. The third-order valence-corrected chi connectivity index (χ3v) is 6.76. The van der Waals surface area contributed by atoms with Crippen molar-refractivity contribution in [2.24, 2.45) is 0 Å². The summed E-state index contributed by atoms with van der Waals surface area (Å²) in [6, 6.07) is 2.25. The van der Waals surface area contributed by atoms with Crippen LogP contribution in [0.1, 0.15) is 28.8 Å². The predicted octanol–water partition coefficient (Wildman–Crippen LogP) is 3.12. The summed E-state index contributed by atoms with van der Waals surface area (Å²) in [5.74, 6) is 0.137. The molecular weight excluding hydrogens is 350 g/mol. The van der Waals surface area contributed by atoms with Crippen molar-refractivity contribution < 1.29 is 4.79 Å². The number of thiophene rings is 1. The Kier molecular flexibility index (Phi) is 5.15. The van der Waals surface area contributed by atoms with Crippen LogP contribution in [-0.2, 0) is 17.6 Å². The molecule has 1 aliphatic carbocycles. The summed E-state index contributed by atoms with van der Waals surface area (Å²) < 4.78 is 0.746. The van der Waals surface area contributed by atoms with Crippen molar-refractivity contribution in [1.29, 1.82) is 5.26 Å². The van der Waals surface area contributed by atoms with Gasteiger partial charge in [0.05, 0.1) is 11.3 Å². The Balaban J connectivity index is 1.64. The molecule has 2 aromatic rings. The highest BCUT2D eigenvalue weighted by molar-refractivity contribution is 8.01. The van der Waals surface area contributed by atoms with E-state index in [4.69, 9.17) is 0 Å². The SMILES string of the molecule is CNc1nnc(SCC(=O)Nc2sc3c(c2C#N)CCCC3)s1. The van der Waals surface area contributed by atoms with E-state index in [2.05, 4.69) is 26.9 Å². The van der Waals surface area contributed by atoms with Crippen LogP contribution in [0, 0.1) is 11.3 Å². The molecule has 0 fully saturated rings. The fraction of sp³-hybridized carbons (Fsp3) is 0.429. The van der Waals surface area contributed by atoms with Crippen LogP contribution in [0.15, 0.2) is 4.34 Å². The van der Waals surface area contributed by atoms with Crippen molar-refractivity contribution in [2.45, 2.75) is 30.0 Å². The molecule has 23 heavy (non-hydrogen) atoms. The molecule has 0 saturated carbocycles. The number of aromatic nitrogens is 2. The Bertz CT molecular complexity index is 761. The van der Waals surface area contributed by atoms with Gasteiger partial charge in [-0.05, 0) is 31.2 Å². The van der Waals surface area contributed by atoms with Crippen LogP contribution in [0.4, 0.5) is 10.1 Å². The van der Waals surface area contributed by atoms with Crippen molar-refractivity contribution >= 4 is 50.5 Å². The van der Waals surface area contributed by atoms with Crippen LogP contribution in [-0.4, -0.2) is 28.9 Å². The molecule has 1 amide bonds. The molecule has 0 radical (unpaired) electrons. The Morgan fingerprint density at radius 3 is 2.91 bits per heavy atom. The van der Waals surface area contributed by atoms with E-state index in [-0.39, 0.29) is 11.7 Å². The number of carbonyl (C=O) groups excluding carboxylic acids is 1. The Hall–Kier alpha value is -1.63. The van der Waals surface area contributed by atoms with E-state index in [1.165, 1.54) is 28.0 Å². The summed E-state index contributed by atoms with van der Waals surface area (Å²) in [4.78, 5) is 13.4. The highest BCUT2D eigenvalue weighted by Crippen LogP contribution is 2.37. The van der Waals surface area contributed by atoms with Crippen molar-refractivity contribution in [1.82, 2.24) is 10.2 Å². The van der Waals surface area contributed by atoms with Crippen molar-refractivity contribution in [3.63, 3.8) is 0 Å². The van der Waals surface area contributed by atoms with Gasteiger partial charge in [-0.3, -0.25) is 4.79 Å². The van der Waals surface area contributed by atoms with E-state index >= 15 is 0 Å². The largest absolute Gasteiger partial charge is 0.363 e. The highest BCUT2D eigenvalue weighted by atomic mass is 32.2. The molecule has 0 atom stereocenters. The van der Waals surface area contributed by atoms with Crippen LogP contribution in [0.5, 0.6) is 0 Å². The van der Waals surface area contributed by atoms with Crippen LogP contribution in [0.25, 0.3) is 0 Å². The lowest BCUT2D eigenvalue weighted by Gasteiger charge is -2.09. The molecule has 1 aliphatic rings. The molecule has 0 aliphatic heterocycles. The molecular formula is C14H15N5OS3. The van der Waals surface area contributed by atoms with Gasteiger partial charge in [-0.25, -0.2) is 0 Å². The maximum absolute atomic E-state index is 12.1. The fourth-order valence-electron chi connectivity index (χ4n) is 2.43. The number of hydrogen-bond donors (Lipinski definition) is 2. The molecule has 0 aromatic carbocycles. The van der Waals surface area contributed by atoms with Gasteiger partial charge in [0.25, 0.3) is 0 Å². The number of amides is 1. The van der Waals surface area contributed by atoms with Crippen molar-refractivity contribution in [3.8, 4) is 6.07 Å². The van der Waals surface area contributed by atoms with Gasteiger partial charge in [0.15, 0.2) is 4.34 Å². The molecule has 3 rings (SSSR count). The second-order valence-corrected chi connectivity index (χ2v) is 8.29. The first-order chi connectivity index (χ1) is 11.2. The minimum absolute atomic E-state index is 0.119. The molecule has 0 spiro atoms. The molecule has 0 bridgehead atoms. The number of anilines is 2. The van der Waals surface area contributed by atoms with E-state index < -0.39 is 0 Å². The molecule has 2 N–H and O–H groups in total. The number of nitriles is 1. The van der Waals surface area contributed by atoms with Crippen LogP contribution in [0.2, 0.25) is 0 Å². The van der Waals surface area contributed by atoms with Crippen LogP contribution in [0.3, 0.4) is 0 Å². The number of fused-ring (bicyclic) bond motifs is 1.